The molecule has 0 aromatic heterocycles. The molecule has 0 aromatic rings. The van der Waals surface area contributed by atoms with Crippen molar-refractivity contribution < 1.29 is 0 Å². The van der Waals surface area contributed by atoms with E-state index in [1.54, 1.807) is 32.1 Å². The maximum absolute atomic E-state index is 1.66. The van der Waals surface area contributed by atoms with Crippen molar-refractivity contribution in [2.75, 3.05) is 0 Å². The van der Waals surface area contributed by atoms with E-state index >= 15 is 0 Å². The van der Waals surface area contributed by atoms with Crippen LogP contribution in [0.2, 0.25) is 0 Å². The van der Waals surface area contributed by atoms with Crippen molar-refractivity contribution in [1.82, 2.24) is 0 Å². The van der Waals surface area contributed by atoms with E-state index in [-0.39, 0.29) is 0 Å². The fourth-order valence-corrected chi connectivity index (χ4v) is 4.65. The molecule has 7 aliphatic rings. The Balaban J connectivity index is 1.85. The Hall–Kier alpha value is 0. The van der Waals surface area contributed by atoms with Gasteiger partial charge in [0.1, 0.15) is 0 Å². The van der Waals surface area contributed by atoms with Gasteiger partial charge in [0.05, 0.1) is 0 Å². The maximum atomic E-state index is 1.66. The molecule has 10 heavy (non-hydrogen) atoms. The summed E-state index contributed by atoms with van der Waals surface area (Å²) in [5, 5.41) is 0. The molecule has 0 aromatic carbocycles. The molecule has 0 amide bonds. The van der Waals surface area contributed by atoms with Crippen LogP contribution in [0.15, 0.2) is 0 Å². The maximum Gasteiger partial charge on any atom is -0.0235 e. The van der Waals surface area contributed by atoms with Crippen molar-refractivity contribution in [3.8, 4) is 0 Å². The highest BCUT2D eigenvalue weighted by atomic mass is 14.8. The van der Waals surface area contributed by atoms with Crippen LogP contribution in [0.3, 0.4) is 0 Å². The molecule has 3 atom stereocenters. The fraction of sp³-hybridized carbons (Fsp3) is 1.00. The summed E-state index contributed by atoms with van der Waals surface area (Å²) in [4.78, 5) is 0. The molecule has 7 aliphatic carbocycles. The third-order valence-corrected chi connectivity index (χ3v) is 5.38. The molecule has 0 heteroatoms. The standard InChI is InChI=1S/C10H14/c1-2-10-5-8(9(1)10)6-3-7(10)4-6/h6-9H,1-5H2. The summed E-state index contributed by atoms with van der Waals surface area (Å²) in [6.45, 7) is 0. The summed E-state index contributed by atoms with van der Waals surface area (Å²) in [6.07, 6.45) is 8.17. The molecule has 4 bridgehead atoms. The smallest absolute Gasteiger partial charge is 0.0235 e. The second-order valence-corrected chi connectivity index (χ2v) is 5.17. The third kappa shape index (κ3) is 0.258. The van der Waals surface area contributed by atoms with Gasteiger partial charge < -0.3 is 0 Å². The van der Waals surface area contributed by atoms with Crippen LogP contribution >= 0.6 is 0 Å². The van der Waals surface area contributed by atoms with E-state index in [1.807, 2.05) is 0 Å². The van der Waals surface area contributed by atoms with Gasteiger partial charge in [-0.2, -0.15) is 0 Å². The second-order valence-electron chi connectivity index (χ2n) is 5.17. The van der Waals surface area contributed by atoms with E-state index in [0.717, 1.165) is 5.41 Å². The topological polar surface area (TPSA) is 0 Å². The van der Waals surface area contributed by atoms with Gasteiger partial charge in [0.15, 0.2) is 0 Å². The van der Waals surface area contributed by atoms with Crippen molar-refractivity contribution in [3.05, 3.63) is 0 Å². The third-order valence-electron chi connectivity index (χ3n) is 5.38. The minimum Gasteiger partial charge on any atom is -0.0491 e. The number of hydrogen-bond donors (Lipinski definition) is 0. The van der Waals surface area contributed by atoms with Gasteiger partial charge in [-0.1, -0.05) is 0 Å². The molecule has 7 fully saturated rings. The minimum atomic E-state index is 0.986. The molecule has 7 rings (SSSR count). The SMILES string of the molecule is C1C2CC1C13CCC1C2C3. The first-order valence-corrected chi connectivity index (χ1v) is 4.90. The molecule has 7 saturated carbocycles. The van der Waals surface area contributed by atoms with Crippen LogP contribution in [0.25, 0.3) is 0 Å². The van der Waals surface area contributed by atoms with Crippen molar-refractivity contribution in [2.45, 2.75) is 32.1 Å². The van der Waals surface area contributed by atoms with E-state index in [9.17, 15) is 0 Å². The Bertz CT molecular complexity index is 198. The van der Waals surface area contributed by atoms with E-state index in [4.69, 9.17) is 0 Å². The van der Waals surface area contributed by atoms with E-state index < -0.39 is 0 Å². The van der Waals surface area contributed by atoms with E-state index in [1.165, 1.54) is 23.7 Å². The molecule has 0 N–H and O–H groups in total. The van der Waals surface area contributed by atoms with Crippen molar-refractivity contribution in [3.63, 3.8) is 0 Å². The Morgan fingerprint density at radius 2 is 2.10 bits per heavy atom. The van der Waals surface area contributed by atoms with Gasteiger partial charge in [-0.05, 0) is 61.2 Å². The van der Waals surface area contributed by atoms with Crippen LogP contribution in [0.5, 0.6) is 0 Å². The quantitative estimate of drug-likeness (QED) is 0.477. The van der Waals surface area contributed by atoms with Gasteiger partial charge >= 0.3 is 0 Å². The highest BCUT2D eigenvalue weighted by Crippen LogP contribution is 2.80. The average molecular weight is 134 g/mol. The van der Waals surface area contributed by atoms with E-state index in [0.29, 0.717) is 0 Å². The molecular formula is C10H14. The summed E-state index contributed by atoms with van der Waals surface area (Å²) in [6, 6.07) is 0. The molecule has 1 spiro atoms. The van der Waals surface area contributed by atoms with Crippen LogP contribution in [0.4, 0.5) is 0 Å². The van der Waals surface area contributed by atoms with Gasteiger partial charge in [-0.25, -0.2) is 0 Å². The van der Waals surface area contributed by atoms with Gasteiger partial charge in [0.25, 0.3) is 0 Å². The predicted molar refractivity (Wildman–Crippen MR) is 39.5 cm³/mol. The lowest BCUT2D eigenvalue weighted by molar-refractivity contribution is -0.290. The fourth-order valence-electron chi connectivity index (χ4n) is 4.65. The van der Waals surface area contributed by atoms with Gasteiger partial charge in [-0.3, -0.25) is 0 Å². The van der Waals surface area contributed by atoms with Crippen LogP contribution < -0.4 is 0 Å². The summed E-state index contributed by atoms with van der Waals surface area (Å²) < 4.78 is 0. The van der Waals surface area contributed by atoms with Gasteiger partial charge in [0, 0.05) is 0 Å². The highest BCUT2D eigenvalue weighted by Gasteiger charge is 2.72. The zero-order chi connectivity index (χ0) is 6.34. The van der Waals surface area contributed by atoms with Crippen molar-refractivity contribution in [1.29, 1.82) is 0 Å². The molecular weight excluding hydrogens is 120 g/mol. The normalized spacial score (nSPS) is 74.4. The zero-order valence-electron chi connectivity index (χ0n) is 6.34. The van der Waals surface area contributed by atoms with Crippen LogP contribution in [-0.2, 0) is 0 Å². The predicted octanol–water partition coefficient (Wildman–Crippen LogP) is 2.44. The summed E-state index contributed by atoms with van der Waals surface area (Å²) in [7, 11) is 0. The van der Waals surface area contributed by atoms with Crippen LogP contribution in [0, 0.1) is 29.1 Å². The molecule has 54 valence electrons. The molecule has 0 heterocycles. The lowest BCUT2D eigenvalue weighted by Gasteiger charge is -2.78. The lowest BCUT2D eigenvalue weighted by atomic mass is 9.27. The lowest BCUT2D eigenvalue weighted by Crippen LogP contribution is -2.70. The van der Waals surface area contributed by atoms with Crippen molar-refractivity contribution in [2.24, 2.45) is 29.1 Å². The molecule has 3 unspecified atom stereocenters. The molecule has 0 radical (unpaired) electrons. The van der Waals surface area contributed by atoms with Gasteiger partial charge in [0.2, 0.25) is 0 Å². The van der Waals surface area contributed by atoms with Gasteiger partial charge in [-0.15, -0.1) is 0 Å². The highest BCUT2D eigenvalue weighted by molar-refractivity contribution is 5.21. The van der Waals surface area contributed by atoms with Crippen LogP contribution in [0.1, 0.15) is 32.1 Å². The number of rotatable bonds is 0. The largest absolute Gasteiger partial charge is 0.0491 e. The minimum absolute atomic E-state index is 0.986. The Morgan fingerprint density at radius 3 is 2.40 bits per heavy atom. The second kappa shape index (κ2) is 1.09. The molecule has 0 saturated heterocycles. The first-order valence-electron chi connectivity index (χ1n) is 4.90. The average Bonchev–Trinajstić information content (AvgIpc) is 1.82. The summed E-state index contributed by atoms with van der Waals surface area (Å²) in [5.41, 5.74) is 0.986. The molecule has 0 aliphatic heterocycles. The monoisotopic (exact) mass is 134 g/mol. The first-order chi connectivity index (χ1) is 4.90. The summed E-state index contributed by atoms with van der Waals surface area (Å²) >= 11 is 0. The van der Waals surface area contributed by atoms with Crippen molar-refractivity contribution >= 4 is 0 Å². The zero-order valence-corrected chi connectivity index (χ0v) is 6.34. The Labute approximate surface area is 62.0 Å². The summed E-state index contributed by atoms with van der Waals surface area (Å²) in [5.74, 6) is 4.93. The van der Waals surface area contributed by atoms with E-state index in [2.05, 4.69) is 0 Å². The Morgan fingerprint density at radius 1 is 1.20 bits per heavy atom. The number of hydrogen-bond acceptors (Lipinski definition) is 0. The Kier molecular flexibility index (Phi) is 0.522. The molecule has 0 nitrogen and oxygen atoms in total. The van der Waals surface area contributed by atoms with Crippen LogP contribution in [-0.4, -0.2) is 0 Å². The first kappa shape index (κ1) is 4.79.